The van der Waals surface area contributed by atoms with Crippen LogP contribution in [0.25, 0.3) is 0 Å². The van der Waals surface area contributed by atoms with Crippen LogP contribution in [0.15, 0.2) is 5.51 Å². The summed E-state index contributed by atoms with van der Waals surface area (Å²) in [5.41, 5.74) is 8.96. The first-order chi connectivity index (χ1) is 7.74. The third-order valence-corrected chi connectivity index (χ3v) is 3.40. The molecule has 1 aromatic rings. The van der Waals surface area contributed by atoms with Gasteiger partial charge < -0.3 is 15.8 Å². The maximum atomic E-state index is 5.96. The molecule has 0 saturated carbocycles. The highest BCUT2D eigenvalue weighted by molar-refractivity contribution is 7.09. The average molecular weight is 243 g/mol. The predicted octanol–water partition coefficient (Wildman–Crippen LogP) is 1.30. The molecule has 1 heterocycles. The first-order valence-corrected chi connectivity index (χ1v) is 6.46. The van der Waals surface area contributed by atoms with Crippen LogP contribution in [-0.2, 0) is 11.3 Å². The molecular weight excluding hydrogens is 222 g/mol. The number of aryl methyl sites for hydroxylation is 1. The number of rotatable bonds is 8. The molecule has 0 amide bonds. The minimum absolute atomic E-state index is 0.211. The summed E-state index contributed by atoms with van der Waals surface area (Å²) in [5.74, 6) is 0. The zero-order chi connectivity index (χ0) is 11.8. The lowest BCUT2D eigenvalue weighted by molar-refractivity contribution is 0.190. The van der Waals surface area contributed by atoms with Gasteiger partial charge in [-0.1, -0.05) is 0 Å². The molecule has 0 saturated heterocycles. The smallest absolute Gasteiger partial charge is 0.0798 e. The first kappa shape index (κ1) is 13.6. The van der Waals surface area contributed by atoms with E-state index in [1.807, 2.05) is 12.4 Å². The van der Waals surface area contributed by atoms with Crippen molar-refractivity contribution in [2.24, 2.45) is 5.73 Å². The van der Waals surface area contributed by atoms with E-state index in [1.54, 1.807) is 18.4 Å². The van der Waals surface area contributed by atoms with Crippen molar-refractivity contribution in [3.63, 3.8) is 0 Å². The van der Waals surface area contributed by atoms with E-state index in [2.05, 4.69) is 10.3 Å². The fraction of sp³-hybridized carbons (Fsp3) is 0.727. The fourth-order valence-corrected chi connectivity index (χ4v) is 2.21. The number of hydrogen-bond donors (Lipinski definition) is 2. The van der Waals surface area contributed by atoms with Gasteiger partial charge in [-0.05, 0) is 19.8 Å². The molecule has 0 aromatic carbocycles. The zero-order valence-corrected chi connectivity index (χ0v) is 10.8. The summed E-state index contributed by atoms with van der Waals surface area (Å²) in [6.07, 6.45) is 2.03. The van der Waals surface area contributed by atoms with Crippen molar-refractivity contribution >= 4 is 11.3 Å². The number of ether oxygens (including phenoxy) is 1. The van der Waals surface area contributed by atoms with Crippen molar-refractivity contribution in [2.75, 3.05) is 20.3 Å². The van der Waals surface area contributed by atoms with E-state index in [-0.39, 0.29) is 6.04 Å². The molecule has 0 spiro atoms. The molecule has 1 unspecified atom stereocenters. The summed E-state index contributed by atoms with van der Waals surface area (Å²) in [4.78, 5) is 5.50. The number of nitrogens with zero attached hydrogens (tertiary/aromatic N) is 1. The lowest BCUT2D eigenvalue weighted by atomic mass is 10.2. The van der Waals surface area contributed by atoms with Gasteiger partial charge >= 0.3 is 0 Å². The fourth-order valence-electron chi connectivity index (χ4n) is 1.46. The lowest BCUT2D eigenvalue weighted by Gasteiger charge is -2.11. The normalized spacial score (nSPS) is 12.9. The molecule has 1 rings (SSSR count). The predicted molar refractivity (Wildman–Crippen MR) is 67.6 cm³/mol. The first-order valence-electron chi connectivity index (χ1n) is 5.58. The van der Waals surface area contributed by atoms with Gasteiger partial charge in [0.25, 0.3) is 0 Å². The second-order valence-corrected chi connectivity index (χ2v) is 4.83. The standard InChI is InChI=1S/C11H21N3OS/c1-9-11(16-8-14-9)7-13-6-10(12)4-3-5-15-2/h8,10,13H,3-7,12H2,1-2H3. The summed E-state index contributed by atoms with van der Waals surface area (Å²) < 4.78 is 4.99. The highest BCUT2D eigenvalue weighted by Crippen LogP contribution is 2.11. The molecule has 0 fully saturated rings. The Morgan fingerprint density at radius 3 is 3.06 bits per heavy atom. The Labute approximate surface area is 101 Å². The van der Waals surface area contributed by atoms with E-state index in [0.29, 0.717) is 0 Å². The molecule has 16 heavy (non-hydrogen) atoms. The number of methoxy groups -OCH3 is 1. The van der Waals surface area contributed by atoms with Gasteiger partial charge in [0.15, 0.2) is 0 Å². The molecule has 1 aromatic heterocycles. The van der Waals surface area contributed by atoms with Gasteiger partial charge in [-0.3, -0.25) is 0 Å². The maximum Gasteiger partial charge on any atom is 0.0798 e. The number of aromatic nitrogens is 1. The van der Waals surface area contributed by atoms with E-state index in [9.17, 15) is 0 Å². The Bertz CT molecular complexity index is 291. The van der Waals surface area contributed by atoms with Gasteiger partial charge in [0.1, 0.15) is 0 Å². The average Bonchev–Trinajstić information content (AvgIpc) is 2.65. The van der Waals surface area contributed by atoms with Crippen LogP contribution >= 0.6 is 11.3 Å². The van der Waals surface area contributed by atoms with Crippen LogP contribution in [-0.4, -0.2) is 31.3 Å². The van der Waals surface area contributed by atoms with Crippen molar-refractivity contribution in [1.29, 1.82) is 0 Å². The van der Waals surface area contributed by atoms with Crippen LogP contribution in [0.2, 0.25) is 0 Å². The third-order valence-electron chi connectivity index (χ3n) is 2.46. The number of nitrogens with one attached hydrogen (secondary N) is 1. The number of hydrogen-bond acceptors (Lipinski definition) is 5. The Morgan fingerprint density at radius 1 is 1.62 bits per heavy atom. The molecular formula is C11H21N3OS. The van der Waals surface area contributed by atoms with Crippen LogP contribution in [0.5, 0.6) is 0 Å². The molecule has 3 N–H and O–H groups in total. The third kappa shape index (κ3) is 5.03. The Kier molecular flexibility index (Phi) is 6.56. The molecule has 0 bridgehead atoms. The molecule has 0 radical (unpaired) electrons. The van der Waals surface area contributed by atoms with E-state index in [4.69, 9.17) is 10.5 Å². The van der Waals surface area contributed by atoms with E-state index < -0.39 is 0 Å². The van der Waals surface area contributed by atoms with Crippen LogP contribution < -0.4 is 11.1 Å². The van der Waals surface area contributed by atoms with Crippen molar-refractivity contribution in [3.05, 3.63) is 16.1 Å². The molecule has 4 nitrogen and oxygen atoms in total. The summed E-state index contributed by atoms with van der Waals surface area (Å²) >= 11 is 1.69. The highest BCUT2D eigenvalue weighted by atomic mass is 32.1. The van der Waals surface area contributed by atoms with Crippen LogP contribution in [0.4, 0.5) is 0 Å². The van der Waals surface area contributed by atoms with Crippen molar-refractivity contribution in [3.8, 4) is 0 Å². The second-order valence-electron chi connectivity index (χ2n) is 3.89. The summed E-state index contributed by atoms with van der Waals surface area (Å²) in [6, 6.07) is 0.211. The monoisotopic (exact) mass is 243 g/mol. The minimum atomic E-state index is 0.211. The van der Waals surface area contributed by atoms with Crippen molar-refractivity contribution < 1.29 is 4.74 Å². The highest BCUT2D eigenvalue weighted by Gasteiger charge is 2.04. The SMILES string of the molecule is COCCCC(N)CNCc1scnc1C. The molecule has 1 atom stereocenters. The number of thiazole rings is 1. The Balaban J connectivity index is 2.08. The molecule has 0 aliphatic heterocycles. The Hall–Kier alpha value is -0.490. The Morgan fingerprint density at radius 2 is 2.44 bits per heavy atom. The van der Waals surface area contributed by atoms with E-state index >= 15 is 0 Å². The van der Waals surface area contributed by atoms with Gasteiger partial charge in [0.2, 0.25) is 0 Å². The molecule has 0 aliphatic rings. The van der Waals surface area contributed by atoms with Gasteiger partial charge in [0.05, 0.1) is 11.2 Å². The second kappa shape index (κ2) is 7.73. The van der Waals surface area contributed by atoms with E-state index in [0.717, 1.165) is 38.2 Å². The molecule has 5 heteroatoms. The molecule has 92 valence electrons. The quantitative estimate of drug-likeness (QED) is 0.676. The van der Waals surface area contributed by atoms with Crippen LogP contribution in [0.3, 0.4) is 0 Å². The maximum absolute atomic E-state index is 5.96. The van der Waals surface area contributed by atoms with Crippen LogP contribution in [0.1, 0.15) is 23.4 Å². The van der Waals surface area contributed by atoms with Gasteiger partial charge in [-0.15, -0.1) is 11.3 Å². The summed E-state index contributed by atoms with van der Waals surface area (Å²) in [7, 11) is 1.72. The minimum Gasteiger partial charge on any atom is -0.385 e. The van der Waals surface area contributed by atoms with Gasteiger partial charge in [-0.25, -0.2) is 4.98 Å². The van der Waals surface area contributed by atoms with E-state index in [1.165, 1.54) is 4.88 Å². The summed E-state index contributed by atoms with van der Waals surface area (Å²) in [5, 5.41) is 3.36. The lowest BCUT2D eigenvalue weighted by Crippen LogP contribution is -2.33. The topological polar surface area (TPSA) is 60.2 Å². The zero-order valence-electron chi connectivity index (χ0n) is 10.0. The van der Waals surface area contributed by atoms with Crippen molar-refractivity contribution in [1.82, 2.24) is 10.3 Å². The number of nitrogens with two attached hydrogens (primary N) is 1. The molecule has 0 aliphatic carbocycles. The van der Waals surface area contributed by atoms with Crippen LogP contribution in [0, 0.1) is 6.92 Å². The van der Waals surface area contributed by atoms with Crippen molar-refractivity contribution in [2.45, 2.75) is 32.4 Å². The van der Waals surface area contributed by atoms with Gasteiger partial charge in [0, 0.05) is 37.7 Å². The van der Waals surface area contributed by atoms with Gasteiger partial charge in [-0.2, -0.15) is 0 Å². The summed E-state index contributed by atoms with van der Waals surface area (Å²) in [6.45, 7) is 4.54. The largest absolute Gasteiger partial charge is 0.385 e.